The maximum atomic E-state index is 13.1. The second kappa shape index (κ2) is 11.1. The van der Waals surface area contributed by atoms with Crippen LogP contribution in [0.2, 0.25) is 0 Å². The van der Waals surface area contributed by atoms with Crippen molar-refractivity contribution in [2.75, 3.05) is 12.8 Å². The van der Waals surface area contributed by atoms with E-state index in [9.17, 15) is 13.2 Å². The van der Waals surface area contributed by atoms with Gasteiger partial charge in [0.2, 0.25) is 11.8 Å². The first kappa shape index (κ1) is 29.1. The lowest BCUT2D eigenvalue weighted by Crippen LogP contribution is -2.38. The summed E-state index contributed by atoms with van der Waals surface area (Å²) in [5, 5.41) is -2.03. The molecule has 6 radical (unpaired) electrons. The van der Waals surface area contributed by atoms with Crippen LogP contribution in [0.15, 0.2) is 41.8 Å². The number of nitrogens with two attached hydrogens (primary N) is 1. The van der Waals surface area contributed by atoms with Gasteiger partial charge in [-0.2, -0.15) is 18.2 Å². The Labute approximate surface area is 243 Å². The summed E-state index contributed by atoms with van der Waals surface area (Å²) in [5.74, 6) is 0.490. The van der Waals surface area contributed by atoms with Crippen molar-refractivity contribution in [3.63, 3.8) is 0 Å². The highest BCUT2D eigenvalue weighted by Gasteiger charge is 2.35. The van der Waals surface area contributed by atoms with Gasteiger partial charge in [0, 0.05) is 38.0 Å². The van der Waals surface area contributed by atoms with Crippen molar-refractivity contribution in [2.24, 2.45) is 12.0 Å². The maximum absolute atomic E-state index is 13.1. The monoisotopic (exact) mass is 568 g/mol. The maximum Gasteiger partial charge on any atom is 0.434 e. The fourth-order valence-corrected chi connectivity index (χ4v) is 4.18. The van der Waals surface area contributed by atoms with Crippen molar-refractivity contribution in [3.8, 4) is 34.5 Å². The molecule has 16 heteroatoms. The largest absolute Gasteiger partial charge is 0.500 e. The van der Waals surface area contributed by atoms with Gasteiger partial charge in [-0.25, -0.2) is 19.9 Å². The third-order valence-corrected chi connectivity index (χ3v) is 6.25. The van der Waals surface area contributed by atoms with Crippen LogP contribution in [0, 0.1) is 0 Å². The van der Waals surface area contributed by atoms with Gasteiger partial charge in [-0.15, -0.1) is 0 Å². The predicted molar refractivity (Wildman–Crippen MR) is 152 cm³/mol. The van der Waals surface area contributed by atoms with Crippen LogP contribution in [0.25, 0.3) is 22.8 Å². The topological polar surface area (TPSA) is 126 Å². The first-order valence-electron chi connectivity index (χ1n) is 12.7. The molecule has 208 valence electrons. The van der Waals surface area contributed by atoms with Gasteiger partial charge in [0.1, 0.15) is 59.2 Å². The summed E-state index contributed by atoms with van der Waals surface area (Å²) in [4.78, 5) is 25.4. The van der Waals surface area contributed by atoms with E-state index in [1.54, 1.807) is 31.3 Å². The molecule has 1 fully saturated rings. The lowest BCUT2D eigenvalue weighted by molar-refractivity contribution is -0.140. The van der Waals surface area contributed by atoms with Gasteiger partial charge in [0.15, 0.2) is 11.5 Å². The quantitative estimate of drug-likeness (QED) is 0.242. The summed E-state index contributed by atoms with van der Waals surface area (Å²) in [5.41, 5.74) is 7.94. The van der Waals surface area contributed by atoms with E-state index in [0.29, 0.717) is 22.4 Å². The Morgan fingerprint density at radius 1 is 1.07 bits per heavy atom. The van der Waals surface area contributed by atoms with Crippen LogP contribution in [0.1, 0.15) is 41.4 Å². The predicted octanol–water partition coefficient (Wildman–Crippen LogP) is 2.94. The number of aromatic nitrogens is 6. The van der Waals surface area contributed by atoms with E-state index in [1.807, 2.05) is 0 Å². The number of hydrogen-bond donors (Lipinski definition) is 1. The molecule has 0 saturated heterocycles. The van der Waals surface area contributed by atoms with Crippen LogP contribution in [0.3, 0.4) is 0 Å². The van der Waals surface area contributed by atoms with Crippen molar-refractivity contribution < 1.29 is 22.6 Å². The number of benzene rings is 1. The fraction of sp³-hybridized carbons (Fsp3) is 0.308. The molecule has 2 N–H and O–H groups in total. The van der Waals surface area contributed by atoms with Gasteiger partial charge in [0.05, 0.1) is 5.69 Å². The number of anilines is 1. The Bertz CT molecular complexity index is 1640. The van der Waals surface area contributed by atoms with Gasteiger partial charge in [-0.1, -0.05) is 24.3 Å². The zero-order valence-corrected chi connectivity index (χ0v) is 22.6. The molecule has 1 saturated carbocycles. The number of hydrogen-bond acceptors (Lipinski definition) is 9. The summed E-state index contributed by atoms with van der Waals surface area (Å²) in [6, 6.07) is 6.71. The fourth-order valence-electron chi connectivity index (χ4n) is 4.18. The Morgan fingerprint density at radius 3 is 2.38 bits per heavy atom. The summed E-state index contributed by atoms with van der Waals surface area (Å²) < 4.78 is 52.0. The molecule has 0 spiro atoms. The molecule has 3 heterocycles. The molecule has 0 amide bonds. The van der Waals surface area contributed by atoms with E-state index in [2.05, 4.69) is 29.9 Å². The number of alkyl halides is 3. The lowest BCUT2D eigenvalue weighted by Gasteiger charge is -2.24. The Morgan fingerprint density at radius 2 is 1.79 bits per heavy atom. The van der Waals surface area contributed by atoms with E-state index in [-0.39, 0.29) is 47.3 Å². The number of aryl methyl sites for hydroxylation is 1. The standard InChI is InChI=1S/C26H22B3F3N8O2/c1-34-9-16-19(33)24(39-21(37-16)18-20(14-7-8-14)35-12-36-23(18)42-26(27,28)29)41-11-13-3-5-15(6-4-13)22-38-17(10-40(22)2)25(30,31)32/h3-6,9-10,12,14H,7-8,11,33H2,1-2H3. The molecule has 5 rings (SSSR count). The van der Waals surface area contributed by atoms with Crippen LogP contribution in [0.5, 0.6) is 11.8 Å². The van der Waals surface area contributed by atoms with E-state index >= 15 is 0 Å². The van der Waals surface area contributed by atoms with Crippen molar-refractivity contribution in [1.29, 1.82) is 0 Å². The first-order valence-corrected chi connectivity index (χ1v) is 12.7. The van der Waals surface area contributed by atoms with Crippen molar-refractivity contribution in [1.82, 2.24) is 29.5 Å². The van der Waals surface area contributed by atoms with E-state index in [0.717, 1.165) is 19.0 Å². The average molecular weight is 568 g/mol. The van der Waals surface area contributed by atoms with Crippen molar-refractivity contribution in [2.45, 2.75) is 36.8 Å². The molecule has 0 atom stereocenters. The first-order chi connectivity index (χ1) is 19.8. The minimum atomic E-state index is -4.54. The van der Waals surface area contributed by atoms with Crippen LogP contribution < -0.4 is 15.2 Å². The second-order valence-corrected chi connectivity index (χ2v) is 9.75. The summed E-state index contributed by atoms with van der Waals surface area (Å²) in [6.45, 7) is 0.0274. The Balaban J connectivity index is 1.46. The highest BCUT2D eigenvalue weighted by atomic mass is 19.4. The molecule has 4 aromatic rings. The average Bonchev–Trinajstić information content (AvgIpc) is 3.69. The number of ether oxygens (including phenoxy) is 2. The lowest BCUT2D eigenvalue weighted by atomic mass is 9.52. The van der Waals surface area contributed by atoms with E-state index in [4.69, 9.17) is 38.7 Å². The summed E-state index contributed by atoms with van der Waals surface area (Å²) in [7, 11) is 20.1. The molecule has 0 unspecified atom stereocenters. The third kappa shape index (κ3) is 6.42. The summed E-state index contributed by atoms with van der Waals surface area (Å²) >= 11 is 0. The molecule has 0 bridgehead atoms. The molecule has 1 aromatic carbocycles. The zero-order chi connectivity index (χ0) is 30.2. The van der Waals surface area contributed by atoms with E-state index < -0.39 is 17.2 Å². The highest BCUT2D eigenvalue weighted by Crippen LogP contribution is 2.45. The third-order valence-electron chi connectivity index (χ3n) is 6.25. The Kier molecular flexibility index (Phi) is 7.73. The van der Waals surface area contributed by atoms with Gasteiger partial charge in [-0.3, -0.25) is 4.99 Å². The molecule has 3 aromatic heterocycles. The number of nitrogen functional groups attached to an aromatic ring is 1. The molecular formula is C26H22B3F3N8O2. The van der Waals surface area contributed by atoms with Crippen molar-refractivity contribution in [3.05, 3.63) is 59.4 Å². The molecule has 1 aliphatic rings. The van der Waals surface area contributed by atoms with Crippen LogP contribution in [-0.2, 0) is 19.8 Å². The normalized spacial score (nSPS) is 13.9. The number of imidazole rings is 1. The molecule has 10 nitrogen and oxygen atoms in total. The number of halogens is 3. The zero-order valence-electron chi connectivity index (χ0n) is 22.6. The number of aliphatic imine (C=N–C) groups is 1. The minimum absolute atomic E-state index is 0.00642. The highest BCUT2D eigenvalue weighted by molar-refractivity contribution is 6.58. The second-order valence-electron chi connectivity index (χ2n) is 9.75. The molecule has 42 heavy (non-hydrogen) atoms. The Hall–Kier alpha value is -4.36. The summed E-state index contributed by atoms with van der Waals surface area (Å²) in [6.07, 6.45) is 0.967. The SMILES string of the molecule is [B]C([B])([B])Oc1ncnc(C2CC2)c1-c1nc(C=NC)c(N)c(OCc2ccc(-c3nc(C(F)(F)F)cn3C)cc2)n1. The van der Waals surface area contributed by atoms with Gasteiger partial charge >= 0.3 is 6.18 Å². The van der Waals surface area contributed by atoms with Crippen LogP contribution in [-0.4, -0.2) is 71.6 Å². The molecule has 0 aliphatic heterocycles. The smallest absolute Gasteiger partial charge is 0.434 e. The number of rotatable bonds is 9. The molecule has 1 aliphatic carbocycles. The number of nitrogens with zero attached hydrogens (tertiary/aromatic N) is 7. The van der Waals surface area contributed by atoms with Gasteiger partial charge in [0.25, 0.3) is 0 Å². The van der Waals surface area contributed by atoms with Crippen LogP contribution in [0.4, 0.5) is 18.9 Å². The van der Waals surface area contributed by atoms with Crippen LogP contribution >= 0.6 is 0 Å². The van der Waals surface area contributed by atoms with Gasteiger partial charge in [-0.05, 0) is 23.7 Å². The molecular weight excluding hydrogens is 546 g/mol. The van der Waals surface area contributed by atoms with Gasteiger partial charge < -0.3 is 19.8 Å². The van der Waals surface area contributed by atoms with Crippen molar-refractivity contribution >= 4 is 35.4 Å². The minimum Gasteiger partial charge on any atom is -0.500 e. The van der Waals surface area contributed by atoms with E-state index in [1.165, 1.54) is 24.2 Å².